The van der Waals surface area contributed by atoms with Gasteiger partial charge in [0.1, 0.15) is 17.2 Å². The zero-order valence-electron chi connectivity index (χ0n) is 14.8. The minimum absolute atomic E-state index is 0.0470. The minimum atomic E-state index is -0.616. The first-order chi connectivity index (χ1) is 12.6. The van der Waals surface area contributed by atoms with E-state index in [0.717, 1.165) is 24.8 Å². The Labute approximate surface area is 150 Å². The highest BCUT2D eigenvalue weighted by molar-refractivity contribution is 5.98. The summed E-state index contributed by atoms with van der Waals surface area (Å²) in [6, 6.07) is 5.12. The summed E-state index contributed by atoms with van der Waals surface area (Å²) in [4.78, 5) is 27.0. The number of H-pyrrole nitrogens is 1. The number of hydrogen-bond acceptors (Lipinski definition) is 6. The monoisotopic (exact) mass is 362 g/mol. The number of methoxy groups -OCH3 is 2. The normalized spacial score (nSPS) is 16.5. The second-order valence-electron chi connectivity index (χ2n) is 5.99. The molecule has 26 heavy (non-hydrogen) atoms. The molecule has 1 aliphatic heterocycles. The van der Waals surface area contributed by atoms with Crippen molar-refractivity contribution in [3.8, 4) is 11.5 Å². The first-order valence-corrected chi connectivity index (χ1v) is 8.41. The zero-order valence-corrected chi connectivity index (χ0v) is 14.8. The second-order valence-corrected chi connectivity index (χ2v) is 5.99. The molecule has 1 saturated heterocycles. The van der Waals surface area contributed by atoms with Gasteiger partial charge in [-0.3, -0.25) is 4.79 Å². The van der Waals surface area contributed by atoms with Gasteiger partial charge in [0, 0.05) is 24.6 Å². The topological polar surface area (TPSA) is 98.9 Å². The van der Waals surface area contributed by atoms with E-state index in [1.807, 2.05) is 0 Å². The molecule has 1 aromatic heterocycles. The molecule has 3 rings (SSSR count). The Morgan fingerprint density at radius 2 is 2.12 bits per heavy atom. The van der Waals surface area contributed by atoms with Crippen LogP contribution in [0.3, 0.4) is 0 Å². The van der Waals surface area contributed by atoms with Crippen LogP contribution in [0.4, 0.5) is 0 Å². The lowest BCUT2D eigenvalue weighted by molar-refractivity contribution is -0.124. The van der Waals surface area contributed by atoms with Gasteiger partial charge in [0.15, 0.2) is 6.61 Å². The average Bonchev–Trinajstić information content (AvgIpc) is 3.32. The largest absolute Gasteiger partial charge is 0.497 e. The van der Waals surface area contributed by atoms with E-state index in [1.165, 1.54) is 7.11 Å². The van der Waals surface area contributed by atoms with E-state index in [1.54, 1.807) is 25.3 Å². The van der Waals surface area contributed by atoms with E-state index >= 15 is 0 Å². The molecule has 1 fully saturated rings. The van der Waals surface area contributed by atoms with Gasteiger partial charge in [-0.25, -0.2) is 4.79 Å². The van der Waals surface area contributed by atoms with Crippen molar-refractivity contribution in [2.75, 3.05) is 34.0 Å². The van der Waals surface area contributed by atoms with E-state index in [2.05, 4.69) is 10.3 Å². The van der Waals surface area contributed by atoms with Crippen LogP contribution in [-0.2, 0) is 14.3 Å². The van der Waals surface area contributed by atoms with Gasteiger partial charge in [-0.05, 0) is 25.0 Å². The number of aromatic amines is 1. The highest BCUT2D eigenvalue weighted by Crippen LogP contribution is 2.31. The van der Waals surface area contributed by atoms with E-state index in [0.29, 0.717) is 23.6 Å². The van der Waals surface area contributed by atoms with Gasteiger partial charge in [0.2, 0.25) is 0 Å². The van der Waals surface area contributed by atoms with Crippen LogP contribution in [0.2, 0.25) is 0 Å². The van der Waals surface area contributed by atoms with Crippen LogP contribution in [0.15, 0.2) is 18.2 Å². The number of carbonyl (C=O) groups excluding carboxylic acids is 2. The predicted molar refractivity (Wildman–Crippen MR) is 93.7 cm³/mol. The number of aromatic nitrogens is 1. The Morgan fingerprint density at radius 1 is 1.27 bits per heavy atom. The molecule has 8 nitrogen and oxygen atoms in total. The molecular formula is C18H22N2O6. The summed E-state index contributed by atoms with van der Waals surface area (Å²) in [5, 5.41) is 3.45. The molecule has 2 heterocycles. The lowest BCUT2D eigenvalue weighted by atomic mass is 10.2. The molecule has 1 aliphatic rings. The summed E-state index contributed by atoms with van der Waals surface area (Å²) < 4.78 is 21.0. The highest BCUT2D eigenvalue weighted by Gasteiger charge is 2.18. The standard InChI is InChI=1S/C18H22N2O6/c1-23-13-6-11-7-14(20-17(11)15(8-13)24-2)18(22)26-10-16(21)19-9-12-4-3-5-25-12/h6-8,12,20H,3-5,9-10H2,1-2H3,(H,19,21). The predicted octanol–water partition coefficient (Wildman–Crippen LogP) is 1.64. The van der Waals surface area contributed by atoms with Crippen LogP contribution >= 0.6 is 0 Å². The quantitative estimate of drug-likeness (QED) is 0.727. The van der Waals surface area contributed by atoms with Gasteiger partial charge in [-0.2, -0.15) is 0 Å². The summed E-state index contributed by atoms with van der Waals surface area (Å²) in [5.74, 6) is 0.188. The summed E-state index contributed by atoms with van der Waals surface area (Å²) in [5.41, 5.74) is 0.890. The first-order valence-electron chi connectivity index (χ1n) is 8.41. The first kappa shape index (κ1) is 18.1. The molecule has 2 aromatic rings. The van der Waals surface area contributed by atoms with Crippen LogP contribution in [0.25, 0.3) is 10.9 Å². The average molecular weight is 362 g/mol. The molecule has 1 amide bonds. The highest BCUT2D eigenvalue weighted by atomic mass is 16.5. The van der Waals surface area contributed by atoms with Crippen molar-refractivity contribution < 1.29 is 28.5 Å². The molecule has 2 N–H and O–H groups in total. The number of nitrogens with one attached hydrogen (secondary N) is 2. The number of fused-ring (bicyclic) bond motifs is 1. The summed E-state index contributed by atoms with van der Waals surface area (Å²) >= 11 is 0. The number of esters is 1. The third-order valence-electron chi connectivity index (χ3n) is 4.23. The molecular weight excluding hydrogens is 340 g/mol. The van der Waals surface area contributed by atoms with Gasteiger partial charge in [-0.15, -0.1) is 0 Å². The number of rotatable bonds is 7. The van der Waals surface area contributed by atoms with E-state index in [4.69, 9.17) is 18.9 Å². The van der Waals surface area contributed by atoms with Gasteiger partial charge in [0.25, 0.3) is 5.91 Å². The number of benzene rings is 1. The Morgan fingerprint density at radius 3 is 2.81 bits per heavy atom. The molecule has 8 heteroatoms. The summed E-state index contributed by atoms with van der Waals surface area (Å²) in [6.07, 6.45) is 1.98. The van der Waals surface area contributed by atoms with Crippen molar-refractivity contribution in [3.05, 3.63) is 23.9 Å². The fraction of sp³-hybridized carbons (Fsp3) is 0.444. The number of hydrogen-bond donors (Lipinski definition) is 2. The fourth-order valence-corrected chi connectivity index (χ4v) is 2.87. The molecule has 1 aromatic carbocycles. The Balaban J connectivity index is 1.59. The molecule has 0 radical (unpaired) electrons. The zero-order chi connectivity index (χ0) is 18.5. The van der Waals surface area contributed by atoms with Gasteiger partial charge in [-0.1, -0.05) is 0 Å². The fourth-order valence-electron chi connectivity index (χ4n) is 2.87. The Bertz CT molecular complexity index is 794. The van der Waals surface area contributed by atoms with E-state index < -0.39 is 5.97 Å². The molecule has 140 valence electrons. The Hall–Kier alpha value is -2.74. The second kappa shape index (κ2) is 8.09. The maximum atomic E-state index is 12.2. The van der Waals surface area contributed by atoms with E-state index in [-0.39, 0.29) is 24.3 Å². The van der Waals surface area contributed by atoms with Crippen LogP contribution in [0.1, 0.15) is 23.3 Å². The van der Waals surface area contributed by atoms with Gasteiger partial charge >= 0.3 is 5.97 Å². The number of ether oxygens (including phenoxy) is 4. The maximum Gasteiger partial charge on any atom is 0.355 e. The van der Waals surface area contributed by atoms with Crippen molar-refractivity contribution in [2.45, 2.75) is 18.9 Å². The molecule has 0 bridgehead atoms. The van der Waals surface area contributed by atoms with Gasteiger partial charge in [0.05, 0.1) is 25.8 Å². The van der Waals surface area contributed by atoms with E-state index in [9.17, 15) is 9.59 Å². The Kier molecular flexibility index (Phi) is 5.62. The van der Waals surface area contributed by atoms with Gasteiger partial charge < -0.3 is 29.2 Å². The molecule has 1 atom stereocenters. The van der Waals surface area contributed by atoms with Crippen molar-refractivity contribution >= 4 is 22.8 Å². The van der Waals surface area contributed by atoms with Crippen LogP contribution < -0.4 is 14.8 Å². The smallest absolute Gasteiger partial charge is 0.355 e. The molecule has 1 unspecified atom stereocenters. The minimum Gasteiger partial charge on any atom is -0.497 e. The van der Waals surface area contributed by atoms with Crippen LogP contribution in [0.5, 0.6) is 11.5 Å². The molecule has 0 spiro atoms. The van der Waals surface area contributed by atoms with Crippen LogP contribution in [0, 0.1) is 0 Å². The maximum absolute atomic E-state index is 12.2. The van der Waals surface area contributed by atoms with Crippen molar-refractivity contribution in [3.63, 3.8) is 0 Å². The van der Waals surface area contributed by atoms with Crippen LogP contribution in [-0.4, -0.2) is 56.9 Å². The third-order valence-corrected chi connectivity index (χ3v) is 4.23. The number of carbonyl (C=O) groups is 2. The number of amides is 1. The van der Waals surface area contributed by atoms with Crippen molar-refractivity contribution in [2.24, 2.45) is 0 Å². The van der Waals surface area contributed by atoms with Crippen molar-refractivity contribution in [1.82, 2.24) is 10.3 Å². The summed E-state index contributed by atoms with van der Waals surface area (Å²) in [6.45, 7) is 0.811. The summed E-state index contributed by atoms with van der Waals surface area (Å²) in [7, 11) is 3.09. The molecule has 0 saturated carbocycles. The SMILES string of the molecule is COc1cc(OC)c2[nH]c(C(=O)OCC(=O)NCC3CCCO3)cc2c1. The molecule has 0 aliphatic carbocycles. The van der Waals surface area contributed by atoms with Crippen molar-refractivity contribution in [1.29, 1.82) is 0 Å². The third kappa shape index (κ3) is 4.08. The lowest BCUT2D eigenvalue weighted by Gasteiger charge is -2.10. The lowest BCUT2D eigenvalue weighted by Crippen LogP contribution is -2.34.